The molecule has 0 saturated heterocycles. The maximum atomic E-state index is 12.7. The largest absolute Gasteiger partial charge is 0.493 e. The summed E-state index contributed by atoms with van der Waals surface area (Å²) in [5.41, 5.74) is 8.14. The Morgan fingerprint density at radius 2 is 1.45 bits per heavy atom. The third-order valence-corrected chi connectivity index (χ3v) is 4.71. The molecule has 146 valence electrons. The van der Waals surface area contributed by atoms with Crippen molar-refractivity contribution in [2.45, 2.75) is 20.0 Å². The van der Waals surface area contributed by atoms with Gasteiger partial charge in [0.2, 0.25) is 0 Å². The first-order valence-electron chi connectivity index (χ1n) is 9.50. The summed E-state index contributed by atoms with van der Waals surface area (Å²) in [5.74, 6) is 0.799. The minimum Gasteiger partial charge on any atom is -0.493 e. The number of benzene rings is 3. The van der Waals surface area contributed by atoms with E-state index >= 15 is 0 Å². The van der Waals surface area contributed by atoms with Crippen LogP contribution in [0.1, 0.15) is 35.3 Å². The van der Waals surface area contributed by atoms with Crippen LogP contribution in [0.3, 0.4) is 0 Å². The zero-order chi connectivity index (χ0) is 20.4. The Balaban J connectivity index is 1.62. The molecule has 0 fully saturated rings. The standard InChI is InChI=1S/C24H22N2O3/c1-15(2)29-21-13-12-16(14-22(21)28-3)24(27)26-25-23-19-10-6-4-8-17(19)18-9-5-7-11-20(18)23/h4-15H,1-3H3,(H,26,27). The smallest absolute Gasteiger partial charge is 0.271 e. The zero-order valence-electron chi connectivity index (χ0n) is 16.6. The number of hydrogen-bond acceptors (Lipinski definition) is 4. The molecule has 1 aliphatic carbocycles. The van der Waals surface area contributed by atoms with Gasteiger partial charge in [-0.2, -0.15) is 5.10 Å². The molecule has 1 amide bonds. The molecule has 5 nitrogen and oxygen atoms in total. The summed E-state index contributed by atoms with van der Waals surface area (Å²) >= 11 is 0. The number of nitrogens with zero attached hydrogens (tertiary/aromatic N) is 1. The van der Waals surface area contributed by atoms with Crippen molar-refractivity contribution in [1.29, 1.82) is 0 Å². The molecular formula is C24H22N2O3. The van der Waals surface area contributed by atoms with E-state index in [4.69, 9.17) is 9.47 Å². The van der Waals surface area contributed by atoms with Crippen molar-refractivity contribution in [3.8, 4) is 22.6 Å². The van der Waals surface area contributed by atoms with Crippen LogP contribution >= 0.6 is 0 Å². The van der Waals surface area contributed by atoms with E-state index in [1.807, 2.05) is 50.2 Å². The van der Waals surface area contributed by atoms with E-state index in [0.717, 1.165) is 28.0 Å². The second kappa shape index (κ2) is 7.80. The summed E-state index contributed by atoms with van der Waals surface area (Å²) in [5, 5.41) is 4.45. The molecule has 0 unspecified atom stereocenters. The van der Waals surface area contributed by atoms with Gasteiger partial charge in [-0.1, -0.05) is 48.5 Å². The number of hydrogen-bond donors (Lipinski definition) is 1. The van der Waals surface area contributed by atoms with Crippen LogP contribution < -0.4 is 14.9 Å². The first-order chi connectivity index (χ1) is 14.1. The zero-order valence-corrected chi connectivity index (χ0v) is 16.6. The summed E-state index contributed by atoms with van der Waals surface area (Å²) in [6, 6.07) is 21.2. The highest BCUT2D eigenvalue weighted by molar-refractivity contribution is 6.24. The Labute approximate surface area is 170 Å². The van der Waals surface area contributed by atoms with Crippen molar-refractivity contribution in [3.05, 3.63) is 83.4 Å². The third kappa shape index (κ3) is 3.59. The molecule has 29 heavy (non-hydrogen) atoms. The van der Waals surface area contributed by atoms with Crippen molar-refractivity contribution in [1.82, 2.24) is 5.43 Å². The second-order valence-electron chi connectivity index (χ2n) is 7.02. The van der Waals surface area contributed by atoms with Gasteiger partial charge >= 0.3 is 0 Å². The number of nitrogens with one attached hydrogen (secondary N) is 1. The van der Waals surface area contributed by atoms with E-state index in [1.165, 1.54) is 0 Å². The Morgan fingerprint density at radius 1 is 0.862 bits per heavy atom. The number of rotatable bonds is 5. The van der Waals surface area contributed by atoms with Crippen LogP contribution in [0, 0.1) is 0 Å². The lowest BCUT2D eigenvalue weighted by Gasteiger charge is -2.14. The highest BCUT2D eigenvalue weighted by Gasteiger charge is 2.24. The van der Waals surface area contributed by atoms with Crippen molar-refractivity contribution in [2.24, 2.45) is 5.10 Å². The number of fused-ring (bicyclic) bond motifs is 3. The minimum absolute atomic E-state index is 0.0116. The molecular weight excluding hydrogens is 364 g/mol. The van der Waals surface area contributed by atoms with Crippen LogP contribution in [-0.4, -0.2) is 24.8 Å². The number of ether oxygens (including phenoxy) is 2. The van der Waals surface area contributed by atoms with Gasteiger partial charge in [-0.15, -0.1) is 0 Å². The number of amides is 1. The topological polar surface area (TPSA) is 59.9 Å². The number of methoxy groups -OCH3 is 1. The first-order valence-corrected chi connectivity index (χ1v) is 9.50. The molecule has 3 aromatic rings. The van der Waals surface area contributed by atoms with Gasteiger partial charge in [0.1, 0.15) is 0 Å². The normalized spacial score (nSPS) is 11.7. The SMILES string of the molecule is COc1cc(C(=O)NN=C2c3ccccc3-c3ccccc32)ccc1OC(C)C. The lowest BCUT2D eigenvalue weighted by molar-refractivity contribution is 0.0954. The monoisotopic (exact) mass is 386 g/mol. The molecule has 5 heteroatoms. The molecule has 0 aliphatic heterocycles. The lowest BCUT2D eigenvalue weighted by Crippen LogP contribution is -2.20. The molecule has 1 N–H and O–H groups in total. The van der Waals surface area contributed by atoms with Crippen molar-refractivity contribution >= 4 is 11.6 Å². The minimum atomic E-state index is -0.311. The van der Waals surface area contributed by atoms with E-state index in [-0.39, 0.29) is 12.0 Å². The van der Waals surface area contributed by atoms with Crippen LogP contribution in [-0.2, 0) is 0 Å². The van der Waals surface area contributed by atoms with E-state index in [0.29, 0.717) is 17.1 Å². The summed E-state index contributed by atoms with van der Waals surface area (Å²) in [6.45, 7) is 3.88. The van der Waals surface area contributed by atoms with Crippen molar-refractivity contribution < 1.29 is 14.3 Å². The van der Waals surface area contributed by atoms with Crippen molar-refractivity contribution in [3.63, 3.8) is 0 Å². The predicted octanol–water partition coefficient (Wildman–Crippen LogP) is 4.65. The molecule has 0 bridgehead atoms. The molecule has 0 aromatic heterocycles. The Hall–Kier alpha value is -3.60. The van der Waals surface area contributed by atoms with E-state index < -0.39 is 0 Å². The van der Waals surface area contributed by atoms with Crippen LogP contribution in [0.2, 0.25) is 0 Å². The molecule has 0 heterocycles. The van der Waals surface area contributed by atoms with Gasteiger partial charge in [0.05, 0.1) is 18.9 Å². The molecule has 0 saturated carbocycles. The van der Waals surface area contributed by atoms with E-state index in [9.17, 15) is 4.79 Å². The third-order valence-electron chi connectivity index (χ3n) is 4.71. The van der Waals surface area contributed by atoms with Gasteiger partial charge in [-0.05, 0) is 43.2 Å². The van der Waals surface area contributed by atoms with E-state index in [2.05, 4.69) is 22.7 Å². The van der Waals surface area contributed by atoms with Gasteiger partial charge < -0.3 is 9.47 Å². The van der Waals surface area contributed by atoms with Crippen LogP contribution in [0.5, 0.6) is 11.5 Å². The average Bonchev–Trinajstić information content (AvgIpc) is 3.06. The van der Waals surface area contributed by atoms with E-state index in [1.54, 1.807) is 25.3 Å². The van der Waals surface area contributed by atoms with Gasteiger partial charge in [0, 0.05) is 16.7 Å². The van der Waals surface area contributed by atoms with Crippen LogP contribution in [0.25, 0.3) is 11.1 Å². The van der Waals surface area contributed by atoms with Gasteiger partial charge in [-0.3, -0.25) is 4.79 Å². The Morgan fingerprint density at radius 3 is 2.00 bits per heavy atom. The van der Waals surface area contributed by atoms with Crippen LogP contribution in [0.15, 0.2) is 71.8 Å². The van der Waals surface area contributed by atoms with Crippen molar-refractivity contribution in [2.75, 3.05) is 7.11 Å². The second-order valence-corrected chi connectivity index (χ2v) is 7.02. The van der Waals surface area contributed by atoms with Gasteiger partial charge in [0.25, 0.3) is 5.91 Å². The molecule has 0 radical (unpaired) electrons. The molecule has 3 aromatic carbocycles. The Bertz CT molecular complexity index is 1060. The highest BCUT2D eigenvalue weighted by atomic mass is 16.5. The maximum absolute atomic E-state index is 12.7. The summed E-state index contributed by atoms with van der Waals surface area (Å²) in [6.07, 6.45) is 0.0116. The summed E-state index contributed by atoms with van der Waals surface area (Å²) in [7, 11) is 1.55. The molecule has 0 atom stereocenters. The summed E-state index contributed by atoms with van der Waals surface area (Å²) < 4.78 is 11.1. The molecule has 0 spiro atoms. The fourth-order valence-electron chi connectivity index (χ4n) is 3.45. The molecule has 4 rings (SSSR count). The fourth-order valence-corrected chi connectivity index (χ4v) is 3.45. The average molecular weight is 386 g/mol. The van der Waals surface area contributed by atoms with Gasteiger partial charge in [0.15, 0.2) is 11.5 Å². The summed E-state index contributed by atoms with van der Waals surface area (Å²) in [4.78, 5) is 12.7. The lowest BCUT2D eigenvalue weighted by atomic mass is 10.1. The fraction of sp³-hybridized carbons (Fsp3) is 0.167. The number of hydrazone groups is 1. The van der Waals surface area contributed by atoms with Gasteiger partial charge in [-0.25, -0.2) is 5.43 Å². The first kappa shape index (κ1) is 18.7. The highest BCUT2D eigenvalue weighted by Crippen LogP contribution is 2.36. The molecule has 1 aliphatic rings. The quantitative estimate of drug-likeness (QED) is 0.508. The van der Waals surface area contributed by atoms with Crippen LogP contribution in [0.4, 0.5) is 0 Å². The number of carbonyl (C=O) groups excluding carboxylic acids is 1. The predicted molar refractivity (Wildman–Crippen MR) is 114 cm³/mol. The number of carbonyl (C=O) groups is 1. The maximum Gasteiger partial charge on any atom is 0.271 e. The Kier molecular flexibility index (Phi) is 5.04.